The van der Waals surface area contributed by atoms with Crippen LogP contribution in [-0.2, 0) is 21.9 Å². The Bertz CT molecular complexity index is 2230. The molecule has 0 amide bonds. The number of ketones is 2. The Morgan fingerprint density at radius 2 is 0.689 bits per heavy atom. The fraction of sp³-hybridized carbons (Fsp3) is 0.375. The van der Waals surface area contributed by atoms with E-state index in [0.717, 1.165) is 24.3 Å². The van der Waals surface area contributed by atoms with Gasteiger partial charge in [0.1, 0.15) is 11.4 Å². The summed E-state index contributed by atoms with van der Waals surface area (Å²) in [5.74, 6) is -0.222. The number of nitrogens with zero attached hydrogens (tertiary/aromatic N) is 4. The monoisotopic (exact) mass is 860 g/mol. The van der Waals surface area contributed by atoms with Crippen LogP contribution in [0.1, 0.15) is 104 Å². The molecule has 2 aromatic carbocycles. The molecular weight excluding hydrogens is 811 g/mol. The minimum absolute atomic E-state index is 0.111. The zero-order valence-electron chi connectivity index (χ0n) is 36.4. The molecule has 61 heavy (non-hydrogen) atoms. The van der Waals surface area contributed by atoms with Crippen molar-refractivity contribution in [3.63, 3.8) is 0 Å². The van der Waals surface area contributed by atoms with E-state index in [1.54, 1.807) is 36.4 Å². The zero-order valence-corrected chi connectivity index (χ0v) is 37.2. The Labute approximate surface area is 357 Å². The second kappa shape index (κ2) is 16.5. The SMILES string of the molecule is CC(C)(C)C1=CC(=C(/N=N/c2ccc(C(F)(F)F)cc2)c2ccc(C(/N=N/c3ccc(C(F)(F)F)cc3)=C3C=C(C(C)(C)C)C(=O)C(C(C)(C)C)=C3)s2)C=C(C(C)(C)C)C1=O. The number of alkyl halides is 6. The second-order valence-corrected chi connectivity index (χ2v) is 20.2. The fourth-order valence-electron chi connectivity index (χ4n) is 6.50. The summed E-state index contributed by atoms with van der Waals surface area (Å²) >= 11 is 1.25. The van der Waals surface area contributed by atoms with E-state index in [1.807, 2.05) is 83.1 Å². The van der Waals surface area contributed by atoms with Crippen LogP contribution in [0.3, 0.4) is 0 Å². The molecule has 0 spiro atoms. The third kappa shape index (κ3) is 11.0. The van der Waals surface area contributed by atoms with Gasteiger partial charge in [0.05, 0.1) is 32.3 Å². The minimum atomic E-state index is -4.54. The summed E-state index contributed by atoms with van der Waals surface area (Å²) in [5, 5.41) is 18.0. The van der Waals surface area contributed by atoms with Crippen LogP contribution in [0.4, 0.5) is 37.7 Å². The van der Waals surface area contributed by atoms with Crippen molar-refractivity contribution in [3.8, 4) is 0 Å². The summed E-state index contributed by atoms with van der Waals surface area (Å²) in [7, 11) is 0. The molecule has 0 bridgehead atoms. The van der Waals surface area contributed by atoms with Crippen molar-refractivity contribution in [1.29, 1.82) is 0 Å². The summed E-state index contributed by atoms with van der Waals surface area (Å²) in [6.45, 7) is 23.2. The van der Waals surface area contributed by atoms with Crippen LogP contribution in [0.25, 0.3) is 11.4 Å². The first-order chi connectivity index (χ1) is 27.9. The van der Waals surface area contributed by atoms with E-state index in [4.69, 9.17) is 0 Å². The maximum Gasteiger partial charge on any atom is 0.416 e. The molecule has 1 aromatic heterocycles. The number of allylic oxidation sites excluding steroid dienone is 10. The standard InChI is InChI=1S/C48H50F6N4O2S/c1-43(2,3)33-23-27(24-34(41(33)59)44(4,5)6)39(57-55-31-17-13-29(14-18-31)47(49,50)51)37-21-22-38(61-37)40(58-56-32-19-15-30(16-20-32)48(52,53)54)28-25-35(45(7,8)9)42(60)36(26-28)46(10,11)12/h13-26H,1-12H3/b57-55+,58-56+. The molecule has 0 aliphatic heterocycles. The van der Waals surface area contributed by atoms with Crippen molar-refractivity contribution in [1.82, 2.24) is 0 Å². The average Bonchev–Trinajstić information content (AvgIpc) is 3.60. The van der Waals surface area contributed by atoms with Crippen LogP contribution in [-0.4, -0.2) is 11.6 Å². The predicted octanol–water partition coefficient (Wildman–Crippen LogP) is 15.8. The van der Waals surface area contributed by atoms with E-state index in [0.29, 0.717) is 54.6 Å². The Balaban J connectivity index is 1.81. The molecule has 13 heteroatoms. The van der Waals surface area contributed by atoms with Gasteiger partial charge in [0, 0.05) is 33.4 Å². The summed E-state index contributed by atoms with van der Waals surface area (Å²) in [4.78, 5) is 29.0. The van der Waals surface area contributed by atoms with Crippen LogP contribution in [0, 0.1) is 21.7 Å². The Hall–Kier alpha value is -5.30. The quantitative estimate of drug-likeness (QED) is 0.183. The van der Waals surface area contributed by atoms with Crippen LogP contribution in [0.5, 0.6) is 0 Å². The number of carbonyl (C=O) groups is 2. The van der Waals surface area contributed by atoms with Crippen molar-refractivity contribution < 1.29 is 35.9 Å². The maximum atomic E-state index is 13.9. The lowest BCUT2D eigenvalue weighted by Gasteiger charge is -2.31. The number of halogens is 6. The van der Waals surface area contributed by atoms with E-state index in [-0.39, 0.29) is 22.9 Å². The van der Waals surface area contributed by atoms with Gasteiger partial charge in [-0.15, -0.1) is 21.6 Å². The lowest BCUT2D eigenvalue weighted by atomic mass is 9.71. The first-order valence-electron chi connectivity index (χ1n) is 19.6. The molecule has 0 radical (unpaired) electrons. The molecule has 6 nitrogen and oxygen atoms in total. The number of hydrogen-bond acceptors (Lipinski definition) is 7. The molecule has 5 rings (SSSR count). The molecule has 0 saturated carbocycles. The van der Waals surface area contributed by atoms with Gasteiger partial charge in [0.2, 0.25) is 0 Å². The van der Waals surface area contributed by atoms with E-state index in [9.17, 15) is 35.9 Å². The zero-order chi connectivity index (χ0) is 45.7. The molecule has 0 unspecified atom stereocenters. The summed E-state index contributed by atoms with van der Waals surface area (Å²) in [5.41, 5.74) is 0.234. The van der Waals surface area contributed by atoms with Crippen molar-refractivity contribution >= 4 is 45.7 Å². The normalized spacial score (nSPS) is 16.3. The van der Waals surface area contributed by atoms with E-state index in [1.165, 1.54) is 35.6 Å². The van der Waals surface area contributed by atoms with Crippen molar-refractivity contribution in [3.05, 3.63) is 139 Å². The van der Waals surface area contributed by atoms with Gasteiger partial charge in [-0.25, -0.2) is 0 Å². The minimum Gasteiger partial charge on any atom is -0.289 e. The van der Waals surface area contributed by atoms with Gasteiger partial charge in [0.25, 0.3) is 0 Å². The van der Waals surface area contributed by atoms with Crippen LogP contribution >= 0.6 is 11.3 Å². The van der Waals surface area contributed by atoms with Gasteiger partial charge < -0.3 is 0 Å². The maximum absolute atomic E-state index is 13.9. The largest absolute Gasteiger partial charge is 0.416 e. The predicted molar refractivity (Wildman–Crippen MR) is 230 cm³/mol. The molecular formula is C48H50F6N4O2S. The van der Waals surface area contributed by atoms with E-state index >= 15 is 0 Å². The van der Waals surface area contributed by atoms with Crippen LogP contribution in [0.15, 0.2) is 139 Å². The number of hydrogen-bond donors (Lipinski definition) is 0. The molecule has 3 aromatic rings. The highest BCUT2D eigenvalue weighted by molar-refractivity contribution is 7.14. The third-order valence-electron chi connectivity index (χ3n) is 9.95. The Morgan fingerprint density at radius 1 is 0.426 bits per heavy atom. The Morgan fingerprint density at radius 3 is 0.918 bits per heavy atom. The van der Waals surface area contributed by atoms with Crippen LogP contribution in [0.2, 0.25) is 0 Å². The molecule has 2 aliphatic rings. The highest BCUT2D eigenvalue weighted by Gasteiger charge is 2.37. The number of benzene rings is 2. The van der Waals surface area contributed by atoms with Gasteiger partial charge >= 0.3 is 12.4 Å². The first kappa shape index (κ1) is 46.8. The van der Waals surface area contributed by atoms with E-state index < -0.39 is 45.1 Å². The second-order valence-electron chi connectivity index (χ2n) is 19.2. The van der Waals surface area contributed by atoms with Gasteiger partial charge in [-0.2, -0.15) is 36.6 Å². The number of carbonyl (C=O) groups excluding carboxylic acids is 2. The summed E-state index contributed by atoms with van der Waals surface area (Å²) < 4.78 is 80.4. The van der Waals surface area contributed by atoms with Crippen molar-refractivity contribution in [2.45, 2.75) is 95.4 Å². The van der Waals surface area contributed by atoms with Crippen molar-refractivity contribution in [2.24, 2.45) is 42.1 Å². The summed E-state index contributed by atoms with van der Waals surface area (Å²) in [6, 6.07) is 12.1. The molecule has 0 atom stereocenters. The average molecular weight is 861 g/mol. The number of Topliss-reactive ketones (excluding diaryl/α,β-unsaturated/α-hetero) is 2. The van der Waals surface area contributed by atoms with Crippen molar-refractivity contribution in [2.75, 3.05) is 0 Å². The molecule has 0 N–H and O–H groups in total. The van der Waals surface area contributed by atoms with Gasteiger partial charge in [-0.1, -0.05) is 83.1 Å². The first-order valence-corrected chi connectivity index (χ1v) is 20.4. The van der Waals surface area contributed by atoms with Crippen LogP contribution < -0.4 is 0 Å². The Kier molecular flexibility index (Phi) is 12.7. The molecule has 0 fully saturated rings. The molecule has 0 saturated heterocycles. The van der Waals surface area contributed by atoms with Gasteiger partial charge in [-0.05, 0) is 107 Å². The highest BCUT2D eigenvalue weighted by Crippen LogP contribution is 2.45. The number of azo groups is 2. The highest BCUT2D eigenvalue weighted by atomic mass is 32.1. The van der Waals surface area contributed by atoms with E-state index in [2.05, 4.69) is 20.5 Å². The molecule has 2 aliphatic carbocycles. The van der Waals surface area contributed by atoms with Gasteiger partial charge in [-0.3, -0.25) is 9.59 Å². The molecule has 322 valence electrons. The topological polar surface area (TPSA) is 83.6 Å². The smallest absolute Gasteiger partial charge is 0.289 e. The fourth-order valence-corrected chi connectivity index (χ4v) is 7.52. The third-order valence-corrected chi connectivity index (χ3v) is 11.0. The number of rotatable bonds is 6. The number of thiophene rings is 1. The lowest BCUT2D eigenvalue weighted by Crippen LogP contribution is -2.28. The van der Waals surface area contributed by atoms with Gasteiger partial charge in [0.15, 0.2) is 11.6 Å². The molecule has 1 heterocycles. The lowest BCUT2D eigenvalue weighted by molar-refractivity contribution is -0.138. The summed E-state index contributed by atoms with van der Waals surface area (Å²) in [6.07, 6.45) is -2.01.